The van der Waals surface area contributed by atoms with Gasteiger partial charge in [0.25, 0.3) is 16.7 Å². The number of aliphatic hydroxyl groups excluding tert-OH is 3. The molecule has 0 bridgehead atoms. The summed E-state index contributed by atoms with van der Waals surface area (Å²) in [6.07, 6.45) is -11.6. The lowest BCUT2D eigenvalue weighted by Crippen LogP contribution is -2.40. The number of aliphatic hydroxyl groups is 3. The summed E-state index contributed by atoms with van der Waals surface area (Å²) in [7, 11) is -19.0. The third kappa shape index (κ3) is 11.4. The van der Waals surface area contributed by atoms with Crippen molar-refractivity contribution in [3.05, 3.63) is 62.4 Å². The summed E-state index contributed by atoms with van der Waals surface area (Å²) in [5.41, 5.74) is 7.25. The van der Waals surface area contributed by atoms with Gasteiger partial charge in [-0.3, -0.25) is 37.7 Å². The van der Waals surface area contributed by atoms with Gasteiger partial charge in [-0.15, -0.1) is 4.86 Å². The van der Waals surface area contributed by atoms with Crippen LogP contribution in [0, 0.1) is 5.92 Å². The summed E-state index contributed by atoms with van der Waals surface area (Å²) in [6, 6.07) is 0.922. The molecule has 8 heterocycles. The Morgan fingerprint density at radius 2 is 1.50 bits per heavy atom. The topological polar surface area (TPSA) is 513 Å². The van der Waals surface area contributed by atoms with Crippen molar-refractivity contribution in [1.82, 2.24) is 48.5 Å². The molecule has 3 aliphatic rings. The predicted molar refractivity (Wildman–Crippen MR) is 240 cm³/mol. The van der Waals surface area contributed by atoms with Gasteiger partial charge in [-0.1, -0.05) is 0 Å². The molecule has 0 radical (unpaired) electrons. The van der Waals surface area contributed by atoms with Crippen LogP contribution in [0.15, 0.2) is 45.6 Å². The average molecular weight is 1130 g/mol. The molecule has 0 spiro atoms. The molecule has 0 aliphatic carbocycles. The molecule has 3 fully saturated rings. The van der Waals surface area contributed by atoms with E-state index in [0.29, 0.717) is 0 Å². The van der Waals surface area contributed by atoms with Crippen molar-refractivity contribution in [1.29, 1.82) is 0 Å². The Balaban J connectivity index is 0.959. The molecule has 408 valence electrons. The van der Waals surface area contributed by atoms with Crippen LogP contribution in [0.1, 0.15) is 25.1 Å². The first kappa shape index (κ1) is 55.6. The monoisotopic (exact) mass is 1130 g/mol. The molecule has 0 aromatic carbocycles. The van der Waals surface area contributed by atoms with Gasteiger partial charge in [0, 0.05) is 39.0 Å². The SMILES string of the molecule is COCC[C@H]1[C@@H](O)[C@H](n2c[n+](C)c3c(=O)[nH]c(N)nc32)O[C@@H]1COP(=O)(O)OP(=O)(O)NP(=O)(O)OC[C@H]1O[C@@H](n2cnc3c(N)ncnc32)[C@H](OC)[C@@H]1P(=O)([O-])OC[C@H]1O[C@@H](n2ccc(=O)[nH]c2=O)[C@H](O)[C@@H]1O. The number of nitrogens with two attached hydrogens (primary N) is 2. The molecule has 5 aromatic rings. The van der Waals surface area contributed by atoms with Crippen molar-refractivity contribution in [3.8, 4) is 0 Å². The van der Waals surface area contributed by atoms with Crippen LogP contribution in [0.3, 0.4) is 0 Å². The highest BCUT2D eigenvalue weighted by Crippen LogP contribution is 2.63. The lowest BCUT2D eigenvalue weighted by molar-refractivity contribution is -0.646. The Bertz CT molecular complexity index is 3260. The summed E-state index contributed by atoms with van der Waals surface area (Å²) < 4.78 is 106. The van der Waals surface area contributed by atoms with E-state index < -0.39 is 141 Å². The highest BCUT2D eigenvalue weighted by atomic mass is 31.3. The molecule has 8 rings (SSSR count). The summed E-state index contributed by atoms with van der Waals surface area (Å²) in [5, 5.41) is 32.8. The zero-order valence-corrected chi connectivity index (χ0v) is 42.1. The van der Waals surface area contributed by atoms with Crippen molar-refractivity contribution < 1.29 is 99.3 Å². The minimum Gasteiger partial charge on any atom is -0.778 e. The first-order valence-corrected chi connectivity index (χ1v) is 27.8. The van der Waals surface area contributed by atoms with Crippen molar-refractivity contribution >= 4 is 65.0 Å². The van der Waals surface area contributed by atoms with Crippen LogP contribution in [0.5, 0.6) is 0 Å². The minimum atomic E-state index is -5.95. The predicted octanol–water partition coefficient (Wildman–Crippen LogP) is -4.57. The first-order chi connectivity index (χ1) is 34.7. The molecule has 3 aliphatic heterocycles. The van der Waals surface area contributed by atoms with Crippen molar-refractivity contribution in [3.63, 3.8) is 0 Å². The maximum Gasteiger partial charge on any atom is 0.480 e. The molecule has 36 nitrogen and oxygen atoms in total. The lowest BCUT2D eigenvalue weighted by atomic mass is 9.95. The maximum absolute atomic E-state index is 14.2. The quantitative estimate of drug-likeness (QED) is 0.0243. The number of phosphoric ester groups is 1. The number of anilines is 2. The highest BCUT2D eigenvalue weighted by molar-refractivity contribution is 7.71. The summed E-state index contributed by atoms with van der Waals surface area (Å²) in [6.45, 7) is -3.20. The van der Waals surface area contributed by atoms with Crippen LogP contribution in [0.2, 0.25) is 0 Å². The Morgan fingerprint density at radius 3 is 2.20 bits per heavy atom. The summed E-state index contributed by atoms with van der Waals surface area (Å²) >= 11 is 0. The number of imidazole rings is 2. The number of hydrogen-bond acceptors (Lipinski definition) is 26. The number of methoxy groups -OCH3 is 2. The molecule has 3 saturated heterocycles. The van der Waals surface area contributed by atoms with Crippen LogP contribution in [-0.4, -0.2) is 163 Å². The number of aromatic nitrogens is 10. The van der Waals surface area contributed by atoms with E-state index in [1.165, 1.54) is 39.0 Å². The molecule has 16 atom stereocenters. The number of aromatic amines is 2. The van der Waals surface area contributed by atoms with Gasteiger partial charge in [0.2, 0.25) is 18.5 Å². The van der Waals surface area contributed by atoms with Crippen LogP contribution < -0.4 is 42.6 Å². The van der Waals surface area contributed by atoms with E-state index in [9.17, 15) is 67.5 Å². The van der Waals surface area contributed by atoms with Crippen LogP contribution in [0.25, 0.3) is 22.3 Å². The third-order valence-electron chi connectivity index (χ3n) is 12.0. The van der Waals surface area contributed by atoms with Crippen molar-refractivity contribution in [2.24, 2.45) is 13.0 Å². The fourth-order valence-corrected chi connectivity index (χ4v) is 14.4. The Labute approximate surface area is 413 Å². The van der Waals surface area contributed by atoms with E-state index in [2.05, 4.69) is 29.2 Å². The van der Waals surface area contributed by atoms with Crippen LogP contribution in [0.4, 0.5) is 11.8 Å². The number of nitrogens with one attached hydrogen (secondary N) is 3. The first-order valence-electron chi connectivity index (χ1n) is 21.5. The minimum absolute atomic E-state index is 0.00296. The number of phosphoric acid groups is 1. The Kier molecular flexibility index (Phi) is 16.1. The number of nitrogen functional groups attached to an aromatic ring is 2. The number of aryl methyl sites for hydroxylation is 1. The van der Waals surface area contributed by atoms with Crippen molar-refractivity contribution in [2.45, 2.75) is 73.5 Å². The van der Waals surface area contributed by atoms with E-state index in [0.717, 1.165) is 36.6 Å². The number of nitrogens with zero attached hydrogens (tertiary/aromatic N) is 8. The summed E-state index contributed by atoms with van der Waals surface area (Å²) in [5.74, 6) is -1.28. The van der Waals surface area contributed by atoms with E-state index in [-0.39, 0.29) is 47.1 Å². The fourth-order valence-electron chi connectivity index (χ4n) is 8.73. The summed E-state index contributed by atoms with van der Waals surface area (Å²) in [4.78, 5) is 104. The Morgan fingerprint density at radius 1 is 0.824 bits per heavy atom. The van der Waals surface area contributed by atoms with Crippen LogP contribution in [-0.2, 0) is 66.9 Å². The molecule has 0 saturated carbocycles. The second kappa shape index (κ2) is 21.4. The maximum atomic E-state index is 14.2. The molecular weight excluding hydrogens is 1080 g/mol. The van der Waals surface area contributed by atoms with Crippen LogP contribution >= 0.6 is 30.9 Å². The largest absolute Gasteiger partial charge is 0.778 e. The fraction of sp³-hybridized carbons (Fsp3) is 0.588. The van der Waals surface area contributed by atoms with Gasteiger partial charge in [0.15, 0.2) is 23.9 Å². The zero-order valence-electron chi connectivity index (χ0n) is 38.5. The number of ether oxygens (including phenoxy) is 5. The van der Waals surface area contributed by atoms with E-state index in [1.54, 1.807) is 0 Å². The Hall–Kier alpha value is -4.58. The molecule has 0 amide bonds. The normalized spacial score (nSPS) is 30.6. The molecular formula is C34H49N13O23P4. The molecule has 4 unspecified atom stereocenters. The lowest BCUT2D eigenvalue weighted by Gasteiger charge is -2.35. The zero-order chi connectivity index (χ0) is 53.8. The van der Waals surface area contributed by atoms with Gasteiger partial charge in [-0.05, 0) is 6.42 Å². The second-order valence-electron chi connectivity index (χ2n) is 16.8. The standard InChI is InChI=1S/C34H49N13O23P4/c1-44-13-47(28-20(44)29(52)42-33(36)41-28)30-21(49)14(5-7-62-2)15(67-30)8-66-74(60,61)70-73(58,59)43-72(56,57)65-10-17-25(24(63-3)32(69-17)46-12-39-19-26(35)37-11-38-27(19)46)71(54,55)64-9-16-22(50)23(51)31(68-16)45-6-4-18(48)40-34(45)53/h4,6,11-17,21-25,30-32,49-51H,5,7-10H2,1-3H3,(H10-,35,36,37,38,40,41,42,43,48,52,53,54,55,56,57,58,59,60,61)/t14-,15-,16-,17-,21-,22-,23-,24-,25-,30-,31-,32-/m1/s1. The number of H-pyrrole nitrogens is 2. The number of fused-ring (bicyclic) bond motifs is 2. The van der Waals surface area contributed by atoms with Gasteiger partial charge >= 0.3 is 34.6 Å². The molecule has 40 heteroatoms. The molecule has 5 aromatic heterocycles. The van der Waals surface area contributed by atoms with Gasteiger partial charge in [0.1, 0.15) is 50.0 Å². The number of hydrogen-bond donors (Lipinski definition) is 11. The smallest absolute Gasteiger partial charge is 0.480 e. The molecule has 13 N–H and O–H groups in total. The van der Waals surface area contributed by atoms with E-state index in [1.807, 2.05) is 4.98 Å². The average Bonchev–Trinajstić information content (AvgIpc) is 4.12. The van der Waals surface area contributed by atoms with Gasteiger partial charge in [-0.2, -0.15) is 13.9 Å². The van der Waals surface area contributed by atoms with Gasteiger partial charge in [0.05, 0.1) is 51.1 Å². The highest BCUT2D eigenvalue weighted by Gasteiger charge is 2.54. The van der Waals surface area contributed by atoms with Gasteiger partial charge in [-0.25, -0.2) is 38.0 Å². The molecule has 74 heavy (non-hydrogen) atoms. The van der Waals surface area contributed by atoms with E-state index in [4.69, 9.17) is 48.7 Å². The third-order valence-corrected chi connectivity index (χ3v) is 18.6. The van der Waals surface area contributed by atoms with Gasteiger partial charge < -0.3 is 79.1 Å². The second-order valence-corrected chi connectivity index (χ2v) is 23.7. The number of rotatable bonds is 21. The van der Waals surface area contributed by atoms with Crippen molar-refractivity contribution in [2.75, 3.05) is 52.1 Å². The van der Waals surface area contributed by atoms with E-state index >= 15 is 0 Å².